The van der Waals surface area contributed by atoms with Gasteiger partial charge in [-0.05, 0) is 87.7 Å². The van der Waals surface area contributed by atoms with Crippen molar-refractivity contribution in [3.05, 3.63) is 76.3 Å². The van der Waals surface area contributed by atoms with E-state index in [0.717, 1.165) is 30.0 Å². The molecule has 1 aliphatic rings. The lowest BCUT2D eigenvalue weighted by Gasteiger charge is -2.32. The molecule has 1 amide bonds. The first-order valence-corrected chi connectivity index (χ1v) is 12.2. The Bertz CT molecular complexity index is 1230. The molecular weight excluding hydrogens is 445 g/mol. The monoisotopic (exact) mass is 477 g/mol. The Morgan fingerprint density at radius 1 is 1.06 bits per heavy atom. The van der Waals surface area contributed by atoms with Gasteiger partial charge in [-0.1, -0.05) is 0 Å². The van der Waals surface area contributed by atoms with Gasteiger partial charge in [0, 0.05) is 49.5 Å². The molecule has 184 valence electrons. The van der Waals surface area contributed by atoms with Gasteiger partial charge in [0.25, 0.3) is 5.56 Å². The summed E-state index contributed by atoms with van der Waals surface area (Å²) in [7, 11) is 0. The number of hydrogen-bond donors (Lipinski definition) is 1. The van der Waals surface area contributed by atoms with Crippen molar-refractivity contribution < 1.29 is 9.18 Å². The molecule has 4 rings (SSSR count). The van der Waals surface area contributed by atoms with Crippen LogP contribution in [-0.2, 0) is 4.79 Å². The SMILES string of the molecule is CCN(CC)c1ccc(NC(=O)C2CCN(c3ccc(=O)n(-c4ccc(F)cc4)n3)CC2)c(C)c1. The molecule has 0 saturated carbocycles. The molecule has 0 aliphatic carbocycles. The van der Waals surface area contributed by atoms with Gasteiger partial charge in [0.15, 0.2) is 0 Å². The maximum Gasteiger partial charge on any atom is 0.271 e. The van der Waals surface area contributed by atoms with Gasteiger partial charge in [0.1, 0.15) is 11.6 Å². The number of halogens is 1. The molecule has 8 heteroatoms. The van der Waals surface area contributed by atoms with E-state index < -0.39 is 0 Å². The summed E-state index contributed by atoms with van der Waals surface area (Å²) in [5.41, 5.74) is 3.29. The molecule has 0 spiro atoms. The molecule has 2 heterocycles. The predicted molar refractivity (Wildman–Crippen MR) is 138 cm³/mol. The summed E-state index contributed by atoms with van der Waals surface area (Å²) >= 11 is 0. The Hall–Kier alpha value is -3.68. The Kier molecular flexibility index (Phi) is 7.48. The fourth-order valence-corrected chi connectivity index (χ4v) is 4.52. The van der Waals surface area contributed by atoms with Crippen molar-refractivity contribution >= 4 is 23.1 Å². The number of carbonyl (C=O) groups excluding carboxylic acids is 1. The van der Waals surface area contributed by atoms with E-state index >= 15 is 0 Å². The molecular formula is C27H32FN5O2. The van der Waals surface area contributed by atoms with Crippen molar-refractivity contribution in [2.24, 2.45) is 5.92 Å². The second kappa shape index (κ2) is 10.7. The Labute approximate surface area is 205 Å². The molecule has 0 atom stereocenters. The summed E-state index contributed by atoms with van der Waals surface area (Å²) in [5.74, 6) is 0.243. The summed E-state index contributed by atoms with van der Waals surface area (Å²) in [6, 6.07) is 15.0. The third-order valence-corrected chi connectivity index (χ3v) is 6.64. The largest absolute Gasteiger partial charge is 0.372 e. The summed E-state index contributed by atoms with van der Waals surface area (Å²) in [6.07, 6.45) is 1.39. The highest BCUT2D eigenvalue weighted by Gasteiger charge is 2.26. The van der Waals surface area contributed by atoms with Crippen molar-refractivity contribution in [2.75, 3.05) is 41.3 Å². The topological polar surface area (TPSA) is 70.5 Å². The molecule has 2 aromatic carbocycles. The van der Waals surface area contributed by atoms with Gasteiger partial charge in [0.05, 0.1) is 5.69 Å². The third-order valence-electron chi connectivity index (χ3n) is 6.64. The number of nitrogens with zero attached hydrogens (tertiary/aromatic N) is 4. The zero-order chi connectivity index (χ0) is 24.9. The van der Waals surface area contributed by atoms with Gasteiger partial charge in [-0.25, -0.2) is 4.39 Å². The molecule has 35 heavy (non-hydrogen) atoms. The fraction of sp³-hybridized carbons (Fsp3) is 0.370. The smallest absolute Gasteiger partial charge is 0.271 e. The quantitative estimate of drug-likeness (QED) is 0.547. The molecule has 1 aromatic heterocycles. The maximum atomic E-state index is 13.3. The van der Waals surface area contributed by atoms with Crippen LogP contribution >= 0.6 is 0 Å². The number of aryl methyl sites for hydroxylation is 1. The van der Waals surface area contributed by atoms with Gasteiger partial charge in [-0.2, -0.15) is 4.68 Å². The standard InChI is InChI=1S/C27H32FN5O2/c1-4-31(5-2)23-10-11-24(19(3)18-23)29-27(35)20-14-16-32(17-15-20)25-12-13-26(34)33(30-25)22-8-6-21(28)7-9-22/h6-13,18,20H,4-5,14-17H2,1-3H3,(H,29,35). The minimum atomic E-state index is -0.367. The summed E-state index contributed by atoms with van der Waals surface area (Å²) in [6.45, 7) is 9.49. The summed E-state index contributed by atoms with van der Waals surface area (Å²) in [4.78, 5) is 29.6. The molecule has 3 aromatic rings. The Balaban J connectivity index is 1.39. The lowest BCUT2D eigenvalue weighted by atomic mass is 9.95. The van der Waals surface area contributed by atoms with E-state index in [0.29, 0.717) is 37.4 Å². The van der Waals surface area contributed by atoms with Crippen LogP contribution in [0, 0.1) is 18.7 Å². The fourth-order valence-electron chi connectivity index (χ4n) is 4.52. The average molecular weight is 478 g/mol. The molecule has 1 N–H and O–H groups in total. The number of benzene rings is 2. The highest BCUT2D eigenvalue weighted by Crippen LogP contribution is 2.26. The maximum absolute atomic E-state index is 13.3. The second-order valence-corrected chi connectivity index (χ2v) is 8.84. The zero-order valence-electron chi connectivity index (χ0n) is 20.5. The van der Waals surface area contributed by atoms with Crippen molar-refractivity contribution in [1.29, 1.82) is 0 Å². The number of hydrogen-bond acceptors (Lipinski definition) is 5. The van der Waals surface area contributed by atoms with Crippen LogP contribution in [-0.4, -0.2) is 41.9 Å². The minimum Gasteiger partial charge on any atom is -0.372 e. The number of nitrogens with one attached hydrogen (secondary N) is 1. The van der Waals surface area contributed by atoms with Gasteiger partial charge in [0.2, 0.25) is 5.91 Å². The average Bonchev–Trinajstić information content (AvgIpc) is 2.87. The zero-order valence-corrected chi connectivity index (χ0v) is 20.5. The number of rotatable bonds is 7. The number of amides is 1. The van der Waals surface area contributed by atoms with E-state index in [2.05, 4.69) is 46.2 Å². The highest BCUT2D eigenvalue weighted by molar-refractivity contribution is 5.93. The van der Waals surface area contributed by atoms with E-state index in [4.69, 9.17) is 0 Å². The first kappa shape index (κ1) is 24.4. The van der Waals surface area contributed by atoms with Gasteiger partial charge in [-0.3, -0.25) is 9.59 Å². The van der Waals surface area contributed by atoms with Crippen molar-refractivity contribution in [2.45, 2.75) is 33.6 Å². The molecule has 1 saturated heterocycles. The van der Waals surface area contributed by atoms with Gasteiger partial charge < -0.3 is 15.1 Å². The van der Waals surface area contributed by atoms with E-state index in [9.17, 15) is 14.0 Å². The first-order valence-electron chi connectivity index (χ1n) is 12.2. The van der Waals surface area contributed by atoms with Crippen molar-refractivity contribution in [3.8, 4) is 5.69 Å². The lowest BCUT2D eigenvalue weighted by Crippen LogP contribution is -2.39. The lowest BCUT2D eigenvalue weighted by molar-refractivity contribution is -0.120. The van der Waals surface area contributed by atoms with E-state index in [1.165, 1.54) is 35.0 Å². The predicted octanol–water partition coefficient (Wildman–Crippen LogP) is 4.38. The van der Waals surface area contributed by atoms with E-state index in [1.54, 1.807) is 6.07 Å². The van der Waals surface area contributed by atoms with Crippen LogP contribution in [0.15, 0.2) is 59.4 Å². The normalized spacial score (nSPS) is 14.1. The van der Waals surface area contributed by atoms with Crippen molar-refractivity contribution in [3.63, 3.8) is 0 Å². The van der Waals surface area contributed by atoms with Crippen molar-refractivity contribution in [1.82, 2.24) is 9.78 Å². The molecule has 0 unspecified atom stereocenters. The number of piperidine rings is 1. The Morgan fingerprint density at radius 3 is 2.37 bits per heavy atom. The first-order chi connectivity index (χ1) is 16.9. The molecule has 1 aliphatic heterocycles. The molecule has 0 radical (unpaired) electrons. The molecule has 7 nitrogen and oxygen atoms in total. The molecule has 1 fully saturated rings. The highest BCUT2D eigenvalue weighted by atomic mass is 19.1. The van der Waals surface area contributed by atoms with E-state index in [1.807, 2.05) is 13.0 Å². The van der Waals surface area contributed by atoms with Gasteiger partial charge in [-0.15, -0.1) is 5.10 Å². The number of aromatic nitrogens is 2. The third kappa shape index (κ3) is 5.53. The van der Waals surface area contributed by atoms with Crippen LogP contribution in [0.2, 0.25) is 0 Å². The van der Waals surface area contributed by atoms with Crippen LogP contribution in [0.4, 0.5) is 21.6 Å². The van der Waals surface area contributed by atoms with Crippen LogP contribution < -0.4 is 20.7 Å². The van der Waals surface area contributed by atoms with Crippen LogP contribution in [0.1, 0.15) is 32.3 Å². The number of carbonyl (C=O) groups is 1. The second-order valence-electron chi connectivity index (χ2n) is 8.84. The number of anilines is 3. The van der Waals surface area contributed by atoms with Gasteiger partial charge >= 0.3 is 0 Å². The summed E-state index contributed by atoms with van der Waals surface area (Å²) < 4.78 is 14.5. The minimum absolute atomic E-state index is 0.0348. The summed E-state index contributed by atoms with van der Waals surface area (Å²) in [5, 5.41) is 7.60. The Morgan fingerprint density at radius 2 is 1.74 bits per heavy atom. The van der Waals surface area contributed by atoms with Crippen LogP contribution in [0.5, 0.6) is 0 Å². The molecule has 0 bridgehead atoms. The van der Waals surface area contributed by atoms with Crippen LogP contribution in [0.3, 0.4) is 0 Å². The van der Waals surface area contributed by atoms with E-state index in [-0.39, 0.29) is 23.2 Å². The van der Waals surface area contributed by atoms with Crippen LogP contribution in [0.25, 0.3) is 5.69 Å².